The van der Waals surface area contributed by atoms with Crippen LogP contribution >= 0.6 is 0 Å². The Balaban J connectivity index is 2.45. The van der Waals surface area contributed by atoms with E-state index in [9.17, 15) is 0 Å². The third kappa shape index (κ3) is 3.12. The average molecular weight is 196 g/mol. The molecule has 0 aliphatic rings. The summed E-state index contributed by atoms with van der Waals surface area (Å²) >= 11 is 0. The monoisotopic (exact) mass is 196 g/mol. The molecule has 4 heteroatoms. The molecule has 0 aliphatic carbocycles. The van der Waals surface area contributed by atoms with E-state index >= 15 is 0 Å². The number of hydrogen-bond acceptors (Lipinski definition) is 3. The Labute approximate surface area is 85.9 Å². The van der Waals surface area contributed by atoms with Gasteiger partial charge in [0.15, 0.2) is 0 Å². The largest absolute Gasteiger partial charge is 0.332 e. The quantitative estimate of drug-likeness (QED) is 0.721. The molecular weight excluding hydrogens is 176 g/mol. The Bertz CT molecular complexity index is 256. The fourth-order valence-corrected chi connectivity index (χ4v) is 1.31. The summed E-state index contributed by atoms with van der Waals surface area (Å²) in [5.74, 6) is 0. The first-order valence-corrected chi connectivity index (χ1v) is 5.10. The van der Waals surface area contributed by atoms with Crippen LogP contribution in [0.4, 0.5) is 0 Å². The summed E-state index contributed by atoms with van der Waals surface area (Å²) in [6.45, 7) is 6.24. The zero-order valence-corrected chi connectivity index (χ0v) is 9.32. The number of rotatable bonds is 6. The molecular formula is C10H20N4. The van der Waals surface area contributed by atoms with E-state index in [-0.39, 0.29) is 0 Å². The van der Waals surface area contributed by atoms with Crippen LogP contribution in [0.2, 0.25) is 0 Å². The van der Waals surface area contributed by atoms with Crippen molar-refractivity contribution in [2.24, 2.45) is 0 Å². The van der Waals surface area contributed by atoms with Crippen molar-refractivity contribution in [3.05, 3.63) is 18.2 Å². The van der Waals surface area contributed by atoms with E-state index in [4.69, 9.17) is 0 Å². The topological polar surface area (TPSA) is 33.1 Å². The zero-order chi connectivity index (χ0) is 10.4. The van der Waals surface area contributed by atoms with Gasteiger partial charge in [-0.05, 0) is 20.6 Å². The van der Waals surface area contributed by atoms with Gasteiger partial charge in [0.05, 0.1) is 12.0 Å². The highest BCUT2D eigenvalue weighted by molar-refractivity contribution is 4.97. The van der Waals surface area contributed by atoms with Crippen molar-refractivity contribution in [3.8, 4) is 0 Å². The van der Waals surface area contributed by atoms with E-state index in [0.717, 1.165) is 26.2 Å². The first kappa shape index (κ1) is 11.2. The maximum absolute atomic E-state index is 4.15. The number of nitrogens with zero attached hydrogens (tertiary/aromatic N) is 3. The lowest BCUT2D eigenvalue weighted by Crippen LogP contribution is -2.23. The SMILES string of the molecule is CCN(C)CCn1cncc1CNC. The first-order valence-electron chi connectivity index (χ1n) is 5.10. The highest BCUT2D eigenvalue weighted by Crippen LogP contribution is 1.98. The number of nitrogens with one attached hydrogen (secondary N) is 1. The third-order valence-electron chi connectivity index (χ3n) is 2.42. The van der Waals surface area contributed by atoms with Crippen molar-refractivity contribution < 1.29 is 0 Å². The molecule has 80 valence electrons. The van der Waals surface area contributed by atoms with Gasteiger partial charge >= 0.3 is 0 Å². The predicted molar refractivity (Wildman–Crippen MR) is 58.2 cm³/mol. The molecule has 0 atom stereocenters. The lowest BCUT2D eigenvalue weighted by Gasteiger charge is -2.15. The van der Waals surface area contributed by atoms with E-state index in [2.05, 4.69) is 33.7 Å². The van der Waals surface area contributed by atoms with Gasteiger partial charge in [0.2, 0.25) is 0 Å². The smallest absolute Gasteiger partial charge is 0.0949 e. The highest BCUT2D eigenvalue weighted by Gasteiger charge is 2.01. The van der Waals surface area contributed by atoms with Crippen LogP contribution in [0, 0.1) is 0 Å². The molecule has 1 N–H and O–H groups in total. The van der Waals surface area contributed by atoms with Crippen LogP contribution in [-0.2, 0) is 13.1 Å². The minimum Gasteiger partial charge on any atom is -0.332 e. The normalized spacial score (nSPS) is 11.1. The highest BCUT2D eigenvalue weighted by atomic mass is 15.1. The van der Waals surface area contributed by atoms with Crippen molar-refractivity contribution in [2.75, 3.05) is 27.2 Å². The van der Waals surface area contributed by atoms with Gasteiger partial charge in [-0.2, -0.15) is 0 Å². The maximum atomic E-state index is 4.15. The van der Waals surface area contributed by atoms with Crippen molar-refractivity contribution in [2.45, 2.75) is 20.0 Å². The third-order valence-corrected chi connectivity index (χ3v) is 2.42. The number of aromatic nitrogens is 2. The first-order chi connectivity index (χ1) is 6.77. The van der Waals surface area contributed by atoms with Gasteiger partial charge in [0, 0.05) is 25.8 Å². The second kappa shape index (κ2) is 5.78. The molecule has 1 heterocycles. The van der Waals surface area contributed by atoms with Crippen molar-refractivity contribution in [1.82, 2.24) is 19.8 Å². The number of imidazole rings is 1. The van der Waals surface area contributed by atoms with Gasteiger partial charge in [-0.25, -0.2) is 4.98 Å². The summed E-state index contributed by atoms with van der Waals surface area (Å²) in [5, 5.41) is 3.14. The Morgan fingerprint density at radius 3 is 3.00 bits per heavy atom. The van der Waals surface area contributed by atoms with E-state index in [1.807, 2.05) is 19.6 Å². The van der Waals surface area contributed by atoms with Crippen molar-refractivity contribution in [3.63, 3.8) is 0 Å². The van der Waals surface area contributed by atoms with Gasteiger partial charge in [0.1, 0.15) is 0 Å². The molecule has 4 nitrogen and oxygen atoms in total. The average Bonchev–Trinajstić information content (AvgIpc) is 2.62. The molecule has 0 aromatic carbocycles. The van der Waals surface area contributed by atoms with E-state index in [0.29, 0.717) is 0 Å². The molecule has 0 saturated heterocycles. The van der Waals surface area contributed by atoms with Gasteiger partial charge in [-0.3, -0.25) is 0 Å². The fraction of sp³-hybridized carbons (Fsp3) is 0.700. The molecule has 0 saturated carbocycles. The standard InChI is InChI=1S/C10H20N4/c1-4-13(3)5-6-14-9-12-8-10(14)7-11-2/h8-9,11H,4-7H2,1-3H3. The zero-order valence-electron chi connectivity index (χ0n) is 9.32. The molecule has 14 heavy (non-hydrogen) atoms. The number of hydrogen-bond donors (Lipinski definition) is 1. The van der Waals surface area contributed by atoms with E-state index in [1.54, 1.807) is 0 Å². The molecule has 0 spiro atoms. The van der Waals surface area contributed by atoms with E-state index < -0.39 is 0 Å². The van der Waals surface area contributed by atoms with Gasteiger partial charge < -0.3 is 14.8 Å². The summed E-state index contributed by atoms with van der Waals surface area (Å²) in [4.78, 5) is 6.44. The van der Waals surface area contributed by atoms with Crippen LogP contribution in [0.5, 0.6) is 0 Å². The minimum atomic E-state index is 0.885. The fourth-order valence-electron chi connectivity index (χ4n) is 1.31. The summed E-state index contributed by atoms with van der Waals surface area (Å²) in [6.07, 6.45) is 3.82. The molecule has 0 unspecified atom stereocenters. The summed E-state index contributed by atoms with van der Waals surface area (Å²) in [7, 11) is 4.09. The van der Waals surface area contributed by atoms with Crippen molar-refractivity contribution >= 4 is 0 Å². The number of likely N-dealkylation sites (N-methyl/N-ethyl adjacent to an activating group) is 1. The van der Waals surface area contributed by atoms with Crippen LogP contribution in [-0.4, -0.2) is 41.6 Å². The molecule has 0 fully saturated rings. The van der Waals surface area contributed by atoms with Gasteiger partial charge in [-0.15, -0.1) is 0 Å². The van der Waals surface area contributed by atoms with Gasteiger partial charge in [0.25, 0.3) is 0 Å². The second-order valence-corrected chi connectivity index (χ2v) is 3.50. The minimum absolute atomic E-state index is 0.885. The predicted octanol–water partition coefficient (Wildman–Crippen LogP) is 0.554. The molecule has 0 amide bonds. The molecule has 0 aliphatic heterocycles. The van der Waals surface area contributed by atoms with Gasteiger partial charge in [-0.1, -0.05) is 6.92 Å². The lowest BCUT2D eigenvalue weighted by molar-refractivity contribution is 0.333. The second-order valence-electron chi connectivity index (χ2n) is 3.50. The van der Waals surface area contributed by atoms with Crippen LogP contribution in [0.25, 0.3) is 0 Å². The van der Waals surface area contributed by atoms with Crippen LogP contribution < -0.4 is 5.32 Å². The molecule has 0 radical (unpaired) electrons. The molecule has 1 rings (SSSR count). The Hall–Kier alpha value is -0.870. The van der Waals surface area contributed by atoms with E-state index in [1.165, 1.54) is 5.69 Å². The Kier molecular flexibility index (Phi) is 4.62. The summed E-state index contributed by atoms with van der Waals surface area (Å²) in [5.41, 5.74) is 1.25. The molecule has 1 aromatic heterocycles. The lowest BCUT2D eigenvalue weighted by atomic mass is 10.4. The molecule has 1 aromatic rings. The van der Waals surface area contributed by atoms with Crippen LogP contribution in [0.15, 0.2) is 12.5 Å². The Morgan fingerprint density at radius 2 is 2.36 bits per heavy atom. The summed E-state index contributed by atoms with van der Waals surface area (Å²) < 4.78 is 2.20. The summed E-state index contributed by atoms with van der Waals surface area (Å²) in [6, 6.07) is 0. The maximum Gasteiger partial charge on any atom is 0.0949 e. The van der Waals surface area contributed by atoms with Crippen LogP contribution in [0.1, 0.15) is 12.6 Å². The van der Waals surface area contributed by atoms with Crippen molar-refractivity contribution in [1.29, 1.82) is 0 Å². The van der Waals surface area contributed by atoms with Crippen LogP contribution in [0.3, 0.4) is 0 Å². The Morgan fingerprint density at radius 1 is 1.57 bits per heavy atom. The molecule has 0 bridgehead atoms.